The summed E-state index contributed by atoms with van der Waals surface area (Å²) in [5.74, 6) is -1.27. The quantitative estimate of drug-likeness (QED) is 0.746. The second-order valence-electron chi connectivity index (χ2n) is 3.43. The Hall–Kier alpha value is -2.18. The van der Waals surface area contributed by atoms with Gasteiger partial charge in [0.25, 0.3) is 6.43 Å². The molecule has 18 heavy (non-hydrogen) atoms. The third-order valence-corrected chi connectivity index (χ3v) is 2.07. The van der Waals surface area contributed by atoms with Crippen molar-refractivity contribution in [3.63, 3.8) is 0 Å². The molecule has 0 radical (unpaired) electrons. The summed E-state index contributed by atoms with van der Waals surface area (Å²) in [4.78, 5) is 22.2. The van der Waals surface area contributed by atoms with Crippen LogP contribution in [0.1, 0.15) is 11.6 Å². The number of hydrogen-bond acceptors (Lipinski definition) is 2. The molecule has 1 aromatic carbocycles. The van der Waals surface area contributed by atoms with E-state index in [1.165, 1.54) is 12.1 Å². The molecule has 98 valence electrons. The van der Waals surface area contributed by atoms with Crippen LogP contribution in [0.2, 0.25) is 0 Å². The van der Waals surface area contributed by atoms with Crippen LogP contribution in [0.15, 0.2) is 30.3 Å². The Morgan fingerprint density at radius 2 is 1.83 bits per heavy atom. The number of hydrogen-bond donors (Lipinski definition) is 3. The van der Waals surface area contributed by atoms with Crippen LogP contribution in [0.3, 0.4) is 0 Å². The first kappa shape index (κ1) is 13.9. The van der Waals surface area contributed by atoms with E-state index in [9.17, 15) is 18.4 Å². The molecule has 0 unspecified atom stereocenters. The molecule has 0 saturated heterocycles. The van der Waals surface area contributed by atoms with Gasteiger partial charge in [-0.1, -0.05) is 30.3 Å². The molecule has 0 spiro atoms. The normalized spacial score (nSPS) is 11.9. The van der Waals surface area contributed by atoms with Gasteiger partial charge in [0.15, 0.2) is 6.04 Å². The van der Waals surface area contributed by atoms with Gasteiger partial charge in [0.2, 0.25) is 0 Å². The van der Waals surface area contributed by atoms with Crippen molar-refractivity contribution in [2.45, 2.75) is 12.5 Å². The molecule has 0 aliphatic rings. The molecule has 2 amide bonds. The topological polar surface area (TPSA) is 78.4 Å². The summed E-state index contributed by atoms with van der Waals surface area (Å²) >= 11 is 0. The van der Waals surface area contributed by atoms with Gasteiger partial charge in [0.1, 0.15) is 0 Å². The van der Waals surface area contributed by atoms with Crippen LogP contribution in [-0.4, -0.2) is 30.1 Å². The second-order valence-corrected chi connectivity index (χ2v) is 3.43. The van der Waals surface area contributed by atoms with Gasteiger partial charge in [-0.3, -0.25) is 0 Å². The van der Waals surface area contributed by atoms with Crippen molar-refractivity contribution in [3.8, 4) is 0 Å². The number of carboxylic acid groups (broad SMARTS) is 1. The fourth-order valence-electron chi connectivity index (χ4n) is 1.29. The number of carbonyl (C=O) groups excluding carboxylic acids is 1. The van der Waals surface area contributed by atoms with E-state index in [2.05, 4.69) is 5.32 Å². The van der Waals surface area contributed by atoms with Crippen molar-refractivity contribution in [2.75, 3.05) is 6.54 Å². The summed E-state index contributed by atoms with van der Waals surface area (Å²) in [5, 5.41) is 12.9. The predicted molar refractivity (Wildman–Crippen MR) is 59.4 cm³/mol. The molecule has 0 aliphatic heterocycles. The van der Waals surface area contributed by atoms with Crippen LogP contribution in [0.25, 0.3) is 0 Å². The van der Waals surface area contributed by atoms with Gasteiger partial charge in [-0.15, -0.1) is 0 Å². The molecule has 0 aromatic heterocycles. The number of amides is 2. The second kappa shape index (κ2) is 6.53. The molecular formula is C11H12F2N2O3. The minimum Gasteiger partial charge on any atom is -0.479 e. The van der Waals surface area contributed by atoms with Crippen LogP contribution >= 0.6 is 0 Å². The average Bonchev–Trinajstić information content (AvgIpc) is 2.34. The van der Waals surface area contributed by atoms with E-state index in [-0.39, 0.29) is 0 Å². The van der Waals surface area contributed by atoms with E-state index in [4.69, 9.17) is 5.11 Å². The lowest BCUT2D eigenvalue weighted by Gasteiger charge is -2.15. The Bertz CT molecular complexity index is 412. The predicted octanol–water partition coefficient (Wildman–Crippen LogP) is 1.38. The Kier molecular flexibility index (Phi) is 5.04. The molecule has 7 heteroatoms. The molecule has 1 rings (SSSR count). The SMILES string of the molecule is O=C(NCC(F)F)N[C@H](C(=O)O)c1ccccc1. The summed E-state index contributed by atoms with van der Waals surface area (Å²) in [6.07, 6.45) is -2.68. The van der Waals surface area contributed by atoms with Crippen molar-refractivity contribution < 1.29 is 23.5 Å². The third-order valence-electron chi connectivity index (χ3n) is 2.07. The maximum Gasteiger partial charge on any atom is 0.330 e. The molecule has 1 aromatic rings. The zero-order valence-electron chi connectivity index (χ0n) is 9.27. The first-order valence-electron chi connectivity index (χ1n) is 5.11. The maximum atomic E-state index is 11.9. The summed E-state index contributed by atoms with van der Waals surface area (Å²) in [6, 6.07) is 5.74. The Balaban J connectivity index is 2.65. The van der Waals surface area contributed by atoms with Crippen LogP contribution in [0, 0.1) is 0 Å². The number of urea groups is 1. The standard InChI is InChI=1S/C11H12F2N2O3/c12-8(13)6-14-11(18)15-9(10(16)17)7-4-2-1-3-5-7/h1-5,8-9H,6H2,(H,16,17)(H2,14,15,18)/t9-/m0/s1. The van der Waals surface area contributed by atoms with Gasteiger partial charge in [-0.25, -0.2) is 18.4 Å². The average molecular weight is 258 g/mol. The molecule has 3 N–H and O–H groups in total. The van der Waals surface area contributed by atoms with Gasteiger partial charge < -0.3 is 15.7 Å². The highest BCUT2D eigenvalue weighted by atomic mass is 19.3. The van der Waals surface area contributed by atoms with Gasteiger partial charge in [-0.2, -0.15) is 0 Å². The van der Waals surface area contributed by atoms with E-state index in [1.54, 1.807) is 18.2 Å². The van der Waals surface area contributed by atoms with E-state index in [0.717, 1.165) is 0 Å². The van der Waals surface area contributed by atoms with Crippen LogP contribution < -0.4 is 10.6 Å². The number of halogens is 2. The zero-order chi connectivity index (χ0) is 13.5. The number of aliphatic carboxylic acids is 1. The van der Waals surface area contributed by atoms with Gasteiger partial charge in [-0.05, 0) is 5.56 Å². The Labute approximate surface area is 102 Å². The number of alkyl halides is 2. The molecule has 0 heterocycles. The zero-order valence-corrected chi connectivity index (χ0v) is 9.27. The summed E-state index contributed by atoms with van der Waals surface area (Å²) in [5.41, 5.74) is 0.359. The van der Waals surface area contributed by atoms with Gasteiger partial charge in [0.05, 0.1) is 6.54 Å². The number of carbonyl (C=O) groups is 2. The molecule has 0 bridgehead atoms. The lowest BCUT2D eigenvalue weighted by Crippen LogP contribution is -2.42. The van der Waals surface area contributed by atoms with Crippen LogP contribution in [0.4, 0.5) is 13.6 Å². The number of benzene rings is 1. The monoisotopic (exact) mass is 258 g/mol. The minimum absolute atomic E-state index is 0.359. The van der Waals surface area contributed by atoms with E-state index >= 15 is 0 Å². The lowest BCUT2D eigenvalue weighted by molar-refractivity contribution is -0.139. The van der Waals surface area contributed by atoms with E-state index in [1.807, 2.05) is 5.32 Å². The molecular weight excluding hydrogens is 246 g/mol. The highest BCUT2D eigenvalue weighted by Crippen LogP contribution is 2.12. The van der Waals surface area contributed by atoms with Crippen molar-refractivity contribution in [3.05, 3.63) is 35.9 Å². The van der Waals surface area contributed by atoms with Crippen molar-refractivity contribution >= 4 is 12.0 Å². The number of nitrogens with one attached hydrogen (secondary N) is 2. The number of rotatable bonds is 5. The number of carboxylic acids is 1. The fourth-order valence-corrected chi connectivity index (χ4v) is 1.29. The highest BCUT2D eigenvalue weighted by Gasteiger charge is 2.21. The van der Waals surface area contributed by atoms with Crippen molar-refractivity contribution in [2.24, 2.45) is 0 Å². The summed E-state index contributed by atoms with van der Waals surface area (Å²) in [6.45, 7) is -0.826. The lowest BCUT2D eigenvalue weighted by atomic mass is 10.1. The summed E-state index contributed by atoms with van der Waals surface area (Å²) in [7, 11) is 0. The van der Waals surface area contributed by atoms with Crippen molar-refractivity contribution in [1.29, 1.82) is 0 Å². The minimum atomic E-state index is -2.68. The third kappa shape index (κ3) is 4.36. The summed E-state index contributed by atoms with van der Waals surface area (Å²) < 4.78 is 23.7. The molecule has 0 aliphatic carbocycles. The first-order valence-corrected chi connectivity index (χ1v) is 5.11. The first-order chi connectivity index (χ1) is 8.50. The van der Waals surface area contributed by atoms with Gasteiger partial charge >= 0.3 is 12.0 Å². The largest absolute Gasteiger partial charge is 0.479 e. The molecule has 1 atom stereocenters. The van der Waals surface area contributed by atoms with Crippen molar-refractivity contribution in [1.82, 2.24) is 10.6 Å². The highest BCUT2D eigenvalue weighted by molar-refractivity contribution is 5.83. The molecule has 0 saturated carbocycles. The smallest absolute Gasteiger partial charge is 0.330 e. The van der Waals surface area contributed by atoms with E-state index in [0.29, 0.717) is 5.56 Å². The van der Waals surface area contributed by atoms with Crippen LogP contribution in [-0.2, 0) is 4.79 Å². The molecule has 0 fully saturated rings. The van der Waals surface area contributed by atoms with E-state index < -0.39 is 31.0 Å². The van der Waals surface area contributed by atoms with Crippen LogP contribution in [0.5, 0.6) is 0 Å². The van der Waals surface area contributed by atoms with Gasteiger partial charge in [0, 0.05) is 0 Å². The maximum absolute atomic E-state index is 11.9. The Morgan fingerprint density at radius 1 is 1.22 bits per heavy atom. The fraction of sp³-hybridized carbons (Fsp3) is 0.273. The molecule has 5 nitrogen and oxygen atoms in total. The Morgan fingerprint density at radius 3 is 2.33 bits per heavy atom.